The van der Waals surface area contributed by atoms with Crippen molar-refractivity contribution in [2.24, 2.45) is 0 Å². The number of anilines is 1. The highest BCUT2D eigenvalue weighted by Gasteiger charge is 2.35. The third kappa shape index (κ3) is 5.30. The average molecular weight is 522 g/mol. The number of nitrogens with one attached hydrogen (secondary N) is 3. The van der Waals surface area contributed by atoms with E-state index in [0.717, 1.165) is 16.5 Å². The van der Waals surface area contributed by atoms with Gasteiger partial charge in [-0.2, -0.15) is 0 Å². The van der Waals surface area contributed by atoms with E-state index in [0.29, 0.717) is 4.67 Å². The highest BCUT2D eigenvalue weighted by Crippen LogP contribution is 2.30. The summed E-state index contributed by atoms with van der Waals surface area (Å²) in [4.78, 5) is 12.3. The van der Waals surface area contributed by atoms with Crippen molar-refractivity contribution in [1.29, 1.82) is 0 Å². The van der Waals surface area contributed by atoms with Gasteiger partial charge in [0.25, 0.3) is 5.91 Å². The monoisotopic (exact) mass is 519 g/mol. The number of thiocarbonyl (C=S) groups is 1. The molecule has 0 saturated carbocycles. The Bertz CT molecular complexity index is 1020. The highest BCUT2D eigenvalue weighted by atomic mass is 79.9. The molecule has 3 aromatic rings. The maximum Gasteiger partial charge on any atom is 0.288 e. The van der Waals surface area contributed by atoms with Crippen LogP contribution >= 0.6 is 63.0 Å². The summed E-state index contributed by atoms with van der Waals surface area (Å²) in [5.74, 6) is -0.511. The summed E-state index contributed by atoms with van der Waals surface area (Å²) in [5.41, 5.74) is 0.778. The molecular weight excluding hydrogens is 509 g/mol. The molecule has 0 aliphatic carbocycles. The Morgan fingerprint density at radius 2 is 1.75 bits per heavy atom. The number of carbonyl (C=O) groups is 1. The van der Waals surface area contributed by atoms with Crippen molar-refractivity contribution >= 4 is 90.4 Å². The molecule has 1 heterocycles. The van der Waals surface area contributed by atoms with Gasteiger partial charge in [-0.1, -0.05) is 71.2 Å². The second kappa shape index (κ2) is 8.88. The first-order valence-electron chi connectivity index (χ1n) is 7.92. The van der Waals surface area contributed by atoms with E-state index in [4.69, 9.17) is 51.4 Å². The fourth-order valence-corrected chi connectivity index (χ4v) is 3.32. The summed E-state index contributed by atoms with van der Waals surface area (Å²) in [6.45, 7) is 0. The zero-order valence-corrected chi connectivity index (χ0v) is 18.7. The number of halogens is 4. The van der Waals surface area contributed by atoms with Gasteiger partial charge in [-0.15, -0.1) is 0 Å². The Labute approximate surface area is 189 Å². The van der Waals surface area contributed by atoms with E-state index in [-0.39, 0.29) is 10.9 Å². The predicted octanol–water partition coefficient (Wildman–Crippen LogP) is 5.61. The minimum absolute atomic E-state index is 0.0563. The minimum atomic E-state index is -1.87. The van der Waals surface area contributed by atoms with Crippen molar-refractivity contribution in [2.75, 3.05) is 5.32 Å². The van der Waals surface area contributed by atoms with Crippen LogP contribution in [0.4, 0.5) is 5.69 Å². The average Bonchev–Trinajstić information content (AvgIpc) is 3.07. The molecule has 0 saturated heterocycles. The normalized spacial score (nSPS) is 12.4. The van der Waals surface area contributed by atoms with Crippen molar-refractivity contribution in [3.8, 4) is 0 Å². The van der Waals surface area contributed by atoms with Gasteiger partial charge >= 0.3 is 0 Å². The third-order valence-corrected chi connectivity index (χ3v) is 5.01. The number of fused-ring (bicyclic) bond motifs is 1. The Kier molecular flexibility index (Phi) is 6.73. The number of carbonyl (C=O) groups excluding carboxylic acids is 1. The standard InChI is InChI=1S/C18H13BrCl3N3O2S/c19-14-9-8-13(27-14)15(26)24-16(18(20,21)22)25-17(28)23-12-7-3-5-10-4-1-2-6-11(10)12/h1-9,16H,(H,24,26)(H2,23,25,28)/t16-/m1/s1. The van der Waals surface area contributed by atoms with Crippen LogP contribution in [0.1, 0.15) is 10.6 Å². The van der Waals surface area contributed by atoms with E-state index in [9.17, 15) is 4.79 Å². The van der Waals surface area contributed by atoms with Gasteiger partial charge in [0.05, 0.1) is 0 Å². The molecule has 146 valence electrons. The second-order valence-corrected chi connectivity index (χ2v) is 9.24. The number of hydrogen-bond donors (Lipinski definition) is 3. The van der Waals surface area contributed by atoms with E-state index in [2.05, 4.69) is 31.9 Å². The first kappa shape index (κ1) is 21.2. The van der Waals surface area contributed by atoms with Crippen LogP contribution in [0.25, 0.3) is 10.8 Å². The number of furan rings is 1. The summed E-state index contributed by atoms with van der Waals surface area (Å²) in [6, 6.07) is 16.7. The first-order valence-corrected chi connectivity index (χ1v) is 10.3. The number of rotatable bonds is 4. The van der Waals surface area contributed by atoms with Crippen molar-refractivity contribution < 1.29 is 9.21 Å². The van der Waals surface area contributed by atoms with Crippen LogP contribution in [0.2, 0.25) is 0 Å². The van der Waals surface area contributed by atoms with Gasteiger partial charge in [0.2, 0.25) is 3.79 Å². The highest BCUT2D eigenvalue weighted by molar-refractivity contribution is 9.10. The molecule has 0 spiro atoms. The van der Waals surface area contributed by atoms with Crippen LogP contribution in [0, 0.1) is 0 Å². The summed E-state index contributed by atoms with van der Waals surface area (Å²) < 4.78 is 3.74. The zero-order valence-electron chi connectivity index (χ0n) is 14.0. The summed E-state index contributed by atoms with van der Waals surface area (Å²) in [6.07, 6.45) is -1.11. The van der Waals surface area contributed by atoms with E-state index >= 15 is 0 Å². The number of benzene rings is 2. The molecule has 1 aromatic heterocycles. The van der Waals surface area contributed by atoms with E-state index in [1.807, 2.05) is 42.5 Å². The SMILES string of the molecule is O=C(N[C@H](NC(=S)Nc1cccc2ccccc12)C(Cl)(Cl)Cl)c1ccc(Br)o1. The molecule has 3 N–H and O–H groups in total. The van der Waals surface area contributed by atoms with Crippen LogP contribution in [0.3, 0.4) is 0 Å². The first-order chi connectivity index (χ1) is 13.2. The van der Waals surface area contributed by atoms with E-state index in [1.165, 1.54) is 6.07 Å². The van der Waals surface area contributed by atoms with Gasteiger partial charge in [-0.05, 0) is 51.7 Å². The molecule has 3 rings (SSSR count). The molecule has 0 bridgehead atoms. The molecule has 28 heavy (non-hydrogen) atoms. The molecule has 0 aliphatic heterocycles. The summed E-state index contributed by atoms with van der Waals surface area (Å²) >= 11 is 26.5. The molecule has 2 aromatic carbocycles. The molecule has 0 unspecified atom stereocenters. The molecule has 0 fully saturated rings. The predicted molar refractivity (Wildman–Crippen MR) is 121 cm³/mol. The van der Waals surface area contributed by atoms with Gasteiger partial charge in [0, 0.05) is 11.1 Å². The van der Waals surface area contributed by atoms with Crippen molar-refractivity contribution in [1.82, 2.24) is 10.6 Å². The van der Waals surface area contributed by atoms with Gasteiger partial charge in [0.15, 0.2) is 15.5 Å². The topological polar surface area (TPSA) is 66.3 Å². The molecule has 0 radical (unpaired) electrons. The van der Waals surface area contributed by atoms with Crippen molar-refractivity contribution in [3.05, 3.63) is 65.0 Å². The van der Waals surface area contributed by atoms with Gasteiger partial charge in [-0.25, -0.2) is 0 Å². The fourth-order valence-electron chi connectivity index (χ4n) is 2.46. The Balaban J connectivity index is 1.73. The third-order valence-electron chi connectivity index (χ3n) is 3.71. The molecule has 1 atom stereocenters. The van der Waals surface area contributed by atoms with Gasteiger partial charge < -0.3 is 20.4 Å². The summed E-state index contributed by atoms with van der Waals surface area (Å²) in [5, 5.41) is 10.6. The van der Waals surface area contributed by atoms with Crippen molar-refractivity contribution in [2.45, 2.75) is 9.96 Å². The fraction of sp³-hybridized carbons (Fsp3) is 0.111. The number of amides is 1. The van der Waals surface area contributed by atoms with E-state index < -0.39 is 15.9 Å². The lowest BCUT2D eigenvalue weighted by Gasteiger charge is -2.27. The zero-order chi connectivity index (χ0) is 20.3. The van der Waals surface area contributed by atoms with Gasteiger partial charge in [-0.3, -0.25) is 4.79 Å². The second-order valence-electron chi connectivity index (χ2n) is 5.68. The number of hydrogen-bond acceptors (Lipinski definition) is 3. The lowest BCUT2D eigenvalue weighted by molar-refractivity contribution is 0.0905. The number of alkyl halides is 3. The smallest absolute Gasteiger partial charge is 0.288 e. The molecule has 1 amide bonds. The Morgan fingerprint density at radius 1 is 1.04 bits per heavy atom. The lowest BCUT2D eigenvalue weighted by Crippen LogP contribution is -2.56. The van der Waals surface area contributed by atoms with Gasteiger partial charge in [0.1, 0.15) is 6.17 Å². The van der Waals surface area contributed by atoms with E-state index in [1.54, 1.807) is 6.07 Å². The van der Waals surface area contributed by atoms with Crippen LogP contribution in [0.15, 0.2) is 63.7 Å². The minimum Gasteiger partial charge on any atom is -0.444 e. The largest absolute Gasteiger partial charge is 0.444 e. The van der Waals surface area contributed by atoms with Crippen LogP contribution in [0.5, 0.6) is 0 Å². The van der Waals surface area contributed by atoms with Crippen LogP contribution < -0.4 is 16.0 Å². The molecular formula is C18H13BrCl3N3O2S. The maximum atomic E-state index is 12.3. The Morgan fingerprint density at radius 3 is 2.43 bits per heavy atom. The molecule has 5 nitrogen and oxygen atoms in total. The molecule has 0 aliphatic rings. The lowest BCUT2D eigenvalue weighted by atomic mass is 10.1. The maximum absolute atomic E-state index is 12.3. The molecule has 10 heteroatoms. The van der Waals surface area contributed by atoms with Crippen molar-refractivity contribution in [3.63, 3.8) is 0 Å². The quantitative estimate of drug-likeness (QED) is 0.237. The van der Waals surface area contributed by atoms with Crippen LogP contribution in [-0.2, 0) is 0 Å². The summed E-state index contributed by atoms with van der Waals surface area (Å²) in [7, 11) is 0. The van der Waals surface area contributed by atoms with Crippen LogP contribution in [-0.4, -0.2) is 21.0 Å². The Hall–Kier alpha value is -1.51.